The van der Waals surface area contributed by atoms with Gasteiger partial charge in [0, 0.05) is 12.6 Å². The first-order valence-corrected chi connectivity index (χ1v) is 6.37. The molecule has 0 aliphatic heterocycles. The molecule has 0 aliphatic rings. The van der Waals surface area contributed by atoms with E-state index in [9.17, 15) is 0 Å². The standard InChI is InChI=1S/C15H20N2O/c16-14(9-8-13-5-2-1-3-6-13)11-17-12-15-7-4-10-18-15/h1-7,10,14,17H,8-9,11-12,16H2. The van der Waals surface area contributed by atoms with Gasteiger partial charge in [-0.05, 0) is 30.5 Å². The highest BCUT2D eigenvalue weighted by molar-refractivity contribution is 5.14. The zero-order valence-electron chi connectivity index (χ0n) is 10.5. The van der Waals surface area contributed by atoms with Crippen molar-refractivity contribution in [3.8, 4) is 0 Å². The number of nitrogens with two attached hydrogens (primary N) is 1. The van der Waals surface area contributed by atoms with E-state index < -0.39 is 0 Å². The number of nitrogens with one attached hydrogen (secondary N) is 1. The molecule has 1 heterocycles. The molecule has 1 unspecified atom stereocenters. The van der Waals surface area contributed by atoms with Crippen LogP contribution in [0.1, 0.15) is 17.7 Å². The summed E-state index contributed by atoms with van der Waals surface area (Å²) >= 11 is 0. The van der Waals surface area contributed by atoms with Gasteiger partial charge in [0.25, 0.3) is 0 Å². The van der Waals surface area contributed by atoms with Crippen LogP contribution in [-0.2, 0) is 13.0 Å². The van der Waals surface area contributed by atoms with Gasteiger partial charge in [-0.1, -0.05) is 30.3 Å². The van der Waals surface area contributed by atoms with Gasteiger partial charge in [0.15, 0.2) is 0 Å². The highest BCUT2D eigenvalue weighted by Crippen LogP contribution is 2.04. The predicted molar refractivity (Wildman–Crippen MR) is 73.2 cm³/mol. The van der Waals surface area contributed by atoms with E-state index in [0.717, 1.165) is 31.7 Å². The van der Waals surface area contributed by atoms with Crippen molar-refractivity contribution in [3.63, 3.8) is 0 Å². The number of hydrogen-bond donors (Lipinski definition) is 2. The van der Waals surface area contributed by atoms with Crippen LogP contribution in [0.2, 0.25) is 0 Å². The molecule has 0 radical (unpaired) electrons. The fourth-order valence-electron chi connectivity index (χ4n) is 1.89. The second kappa shape index (κ2) is 6.99. The third-order valence-electron chi connectivity index (χ3n) is 2.93. The van der Waals surface area contributed by atoms with E-state index in [0.29, 0.717) is 0 Å². The Balaban J connectivity index is 1.62. The summed E-state index contributed by atoms with van der Waals surface area (Å²) in [4.78, 5) is 0. The Bertz CT molecular complexity index is 425. The topological polar surface area (TPSA) is 51.2 Å². The first kappa shape index (κ1) is 12.9. The van der Waals surface area contributed by atoms with E-state index in [2.05, 4.69) is 29.6 Å². The molecule has 96 valence electrons. The third kappa shape index (κ3) is 4.35. The minimum Gasteiger partial charge on any atom is -0.468 e. The Morgan fingerprint density at radius 2 is 1.94 bits per heavy atom. The minimum absolute atomic E-state index is 0.181. The molecule has 1 aromatic carbocycles. The number of benzene rings is 1. The first-order chi connectivity index (χ1) is 8.84. The molecule has 0 saturated carbocycles. The number of aryl methyl sites for hydroxylation is 1. The van der Waals surface area contributed by atoms with Crippen molar-refractivity contribution < 1.29 is 4.42 Å². The molecule has 0 bridgehead atoms. The molecule has 0 saturated heterocycles. The van der Waals surface area contributed by atoms with Gasteiger partial charge < -0.3 is 15.5 Å². The van der Waals surface area contributed by atoms with Crippen molar-refractivity contribution >= 4 is 0 Å². The van der Waals surface area contributed by atoms with Gasteiger partial charge in [-0.25, -0.2) is 0 Å². The lowest BCUT2D eigenvalue weighted by Crippen LogP contribution is -2.33. The molecule has 0 aliphatic carbocycles. The number of furan rings is 1. The lowest BCUT2D eigenvalue weighted by atomic mass is 10.1. The summed E-state index contributed by atoms with van der Waals surface area (Å²) in [7, 11) is 0. The zero-order chi connectivity index (χ0) is 12.6. The summed E-state index contributed by atoms with van der Waals surface area (Å²) in [5.74, 6) is 0.949. The Labute approximate surface area is 108 Å². The molecule has 0 fully saturated rings. The molecule has 1 atom stereocenters. The van der Waals surface area contributed by atoms with Crippen molar-refractivity contribution in [1.29, 1.82) is 0 Å². The minimum atomic E-state index is 0.181. The van der Waals surface area contributed by atoms with E-state index in [1.165, 1.54) is 5.56 Å². The van der Waals surface area contributed by atoms with Crippen LogP contribution in [0.4, 0.5) is 0 Å². The van der Waals surface area contributed by atoms with Gasteiger partial charge in [-0.3, -0.25) is 0 Å². The van der Waals surface area contributed by atoms with Crippen LogP contribution >= 0.6 is 0 Å². The van der Waals surface area contributed by atoms with E-state index in [-0.39, 0.29) is 6.04 Å². The first-order valence-electron chi connectivity index (χ1n) is 6.37. The second-order valence-electron chi connectivity index (χ2n) is 4.49. The van der Waals surface area contributed by atoms with Crippen molar-refractivity contribution in [2.45, 2.75) is 25.4 Å². The highest BCUT2D eigenvalue weighted by atomic mass is 16.3. The molecular formula is C15H20N2O. The van der Waals surface area contributed by atoms with Gasteiger partial charge >= 0.3 is 0 Å². The van der Waals surface area contributed by atoms with Crippen molar-refractivity contribution in [1.82, 2.24) is 5.32 Å². The van der Waals surface area contributed by atoms with Gasteiger partial charge in [0.05, 0.1) is 12.8 Å². The Morgan fingerprint density at radius 1 is 1.11 bits per heavy atom. The van der Waals surface area contributed by atoms with E-state index in [4.69, 9.17) is 10.2 Å². The normalized spacial score (nSPS) is 12.5. The lowest BCUT2D eigenvalue weighted by molar-refractivity contribution is 0.466. The molecule has 0 spiro atoms. The largest absolute Gasteiger partial charge is 0.468 e. The summed E-state index contributed by atoms with van der Waals surface area (Å²) in [6.07, 6.45) is 3.71. The average molecular weight is 244 g/mol. The average Bonchev–Trinajstić information content (AvgIpc) is 2.91. The van der Waals surface area contributed by atoms with Crippen LogP contribution in [0.15, 0.2) is 53.1 Å². The maximum atomic E-state index is 6.07. The summed E-state index contributed by atoms with van der Waals surface area (Å²) in [6, 6.07) is 14.5. The molecule has 3 N–H and O–H groups in total. The van der Waals surface area contributed by atoms with Gasteiger partial charge in [0.1, 0.15) is 5.76 Å². The maximum Gasteiger partial charge on any atom is 0.117 e. The third-order valence-corrected chi connectivity index (χ3v) is 2.93. The van der Waals surface area contributed by atoms with E-state index in [1.807, 2.05) is 18.2 Å². The van der Waals surface area contributed by atoms with Crippen molar-refractivity contribution in [2.75, 3.05) is 6.54 Å². The fraction of sp³-hybridized carbons (Fsp3) is 0.333. The smallest absolute Gasteiger partial charge is 0.117 e. The monoisotopic (exact) mass is 244 g/mol. The quantitative estimate of drug-likeness (QED) is 0.786. The van der Waals surface area contributed by atoms with Gasteiger partial charge in [0.2, 0.25) is 0 Å². The summed E-state index contributed by atoms with van der Waals surface area (Å²) in [5, 5.41) is 3.31. The van der Waals surface area contributed by atoms with Crippen LogP contribution in [0.5, 0.6) is 0 Å². The molecular weight excluding hydrogens is 224 g/mol. The Morgan fingerprint density at radius 3 is 2.67 bits per heavy atom. The van der Waals surface area contributed by atoms with E-state index in [1.54, 1.807) is 6.26 Å². The predicted octanol–water partition coefficient (Wildman–Crippen LogP) is 2.33. The lowest BCUT2D eigenvalue weighted by Gasteiger charge is -2.12. The highest BCUT2D eigenvalue weighted by Gasteiger charge is 2.03. The molecule has 2 rings (SSSR count). The molecule has 18 heavy (non-hydrogen) atoms. The van der Waals surface area contributed by atoms with E-state index >= 15 is 0 Å². The maximum absolute atomic E-state index is 6.07. The van der Waals surface area contributed by atoms with Crippen molar-refractivity contribution in [3.05, 3.63) is 60.1 Å². The summed E-state index contributed by atoms with van der Waals surface area (Å²) in [5.41, 5.74) is 7.41. The number of rotatable bonds is 7. The summed E-state index contributed by atoms with van der Waals surface area (Å²) < 4.78 is 5.24. The van der Waals surface area contributed by atoms with Crippen LogP contribution in [0.25, 0.3) is 0 Å². The Kier molecular flexibility index (Phi) is 5.00. The molecule has 2 aromatic rings. The molecule has 0 amide bonds. The SMILES string of the molecule is NC(CCc1ccccc1)CNCc1ccco1. The molecule has 1 aromatic heterocycles. The van der Waals surface area contributed by atoms with Crippen LogP contribution in [0, 0.1) is 0 Å². The zero-order valence-corrected chi connectivity index (χ0v) is 10.5. The fourth-order valence-corrected chi connectivity index (χ4v) is 1.89. The van der Waals surface area contributed by atoms with Gasteiger partial charge in [-0.2, -0.15) is 0 Å². The van der Waals surface area contributed by atoms with Crippen molar-refractivity contribution in [2.24, 2.45) is 5.73 Å². The van der Waals surface area contributed by atoms with Crippen LogP contribution < -0.4 is 11.1 Å². The van der Waals surface area contributed by atoms with Gasteiger partial charge in [-0.15, -0.1) is 0 Å². The molecule has 3 heteroatoms. The summed E-state index contributed by atoms with van der Waals surface area (Å²) in [6.45, 7) is 1.56. The van der Waals surface area contributed by atoms with Crippen LogP contribution in [0.3, 0.4) is 0 Å². The Hall–Kier alpha value is -1.58. The number of hydrogen-bond acceptors (Lipinski definition) is 3. The van der Waals surface area contributed by atoms with Crippen LogP contribution in [-0.4, -0.2) is 12.6 Å². The second-order valence-corrected chi connectivity index (χ2v) is 4.49. The molecule has 3 nitrogen and oxygen atoms in total.